The Morgan fingerprint density at radius 3 is 2.55 bits per heavy atom. The second-order valence-electron chi connectivity index (χ2n) is 11.3. The SMILES string of the molecule is CN1CCN(C)C(c2ccc(Nc3nc(-c4ccc(F)c(NC(=O)c5cc6c(s5)CCCC6)c4Cl)cn(C)c3=O)cc2)C1=O. The van der Waals surface area contributed by atoms with Crippen molar-refractivity contribution in [1.29, 1.82) is 0 Å². The Morgan fingerprint density at radius 1 is 1.05 bits per heavy atom. The molecule has 4 aromatic rings. The zero-order valence-electron chi connectivity index (χ0n) is 24.6. The number of thiophene rings is 1. The number of fused-ring (bicyclic) bond motifs is 1. The maximum atomic E-state index is 15.0. The first-order valence-corrected chi connectivity index (χ1v) is 15.6. The number of hydrogen-bond donors (Lipinski definition) is 2. The molecule has 2 aliphatic rings. The van der Waals surface area contributed by atoms with E-state index in [0.29, 0.717) is 28.4 Å². The maximum Gasteiger partial charge on any atom is 0.293 e. The molecule has 6 rings (SSSR count). The Morgan fingerprint density at radius 2 is 1.80 bits per heavy atom. The van der Waals surface area contributed by atoms with Crippen LogP contribution < -0.4 is 16.2 Å². The Kier molecular flexibility index (Phi) is 8.28. The van der Waals surface area contributed by atoms with Crippen LogP contribution in [0.5, 0.6) is 0 Å². The van der Waals surface area contributed by atoms with Crippen molar-refractivity contribution in [2.45, 2.75) is 31.7 Å². The molecule has 2 N–H and O–H groups in total. The third-order valence-corrected chi connectivity index (χ3v) is 9.85. The molecule has 2 aromatic heterocycles. The van der Waals surface area contributed by atoms with Gasteiger partial charge in [0.1, 0.15) is 11.9 Å². The van der Waals surface area contributed by atoms with Gasteiger partial charge in [0.15, 0.2) is 5.82 Å². The smallest absolute Gasteiger partial charge is 0.293 e. The number of hydrogen-bond acceptors (Lipinski definition) is 7. The molecule has 1 atom stereocenters. The quantitative estimate of drug-likeness (QED) is 0.286. The van der Waals surface area contributed by atoms with Gasteiger partial charge in [-0.05, 0) is 74.2 Å². The summed E-state index contributed by atoms with van der Waals surface area (Å²) in [6.45, 7) is 1.45. The zero-order valence-corrected chi connectivity index (χ0v) is 26.2. The highest BCUT2D eigenvalue weighted by molar-refractivity contribution is 7.14. The van der Waals surface area contributed by atoms with Gasteiger partial charge in [-0.1, -0.05) is 23.7 Å². The molecule has 1 unspecified atom stereocenters. The van der Waals surface area contributed by atoms with Crippen LogP contribution >= 0.6 is 22.9 Å². The molecule has 0 saturated carbocycles. The van der Waals surface area contributed by atoms with Crippen molar-refractivity contribution in [3.63, 3.8) is 0 Å². The summed E-state index contributed by atoms with van der Waals surface area (Å²) >= 11 is 8.11. The second-order valence-corrected chi connectivity index (χ2v) is 12.8. The molecular formula is C32H32ClFN6O3S. The van der Waals surface area contributed by atoms with Crippen LogP contribution in [0.3, 0.4) is 0 Å². The number of aryl methyl sites for hydroxylation is 3. The van der Waals surface area contributed by atoms with Crippen molar-refractivity contribution in [2.24, 2.45) is 7.05 Å². The van der Waals surface area contributed by atoms with Crippen LogP contribution in [-0.4, -0.2) is 58.4 Å². The molecule has 9 nitrogen and oxygen atoms in total. The first kappa shape index (κ1) is 30.0. The molecule has 1 aliphatic carbocycles. The molecule has 3 heterocycles. The van der Waals surface area contributed by atoms with Gasteiger partial charge in [-0.15, -0.1) is 11.3 Å². The van der Waals surface area contributed by atoms with E-state index in [9.17, 15) is 18.8 Å². The average molecular weight is 635 g/mol. The summed E-state index contributed by atoms with van der Waals surface area (Å²) in [5, 5.41) is 5.71. The minimum atomic E-state index is -0.676. The molecule has 1 fully saturated rings. The summed E-state index contributed by atoms with van der Waals surface area (Å²) in [5.41, 5.74) is 2.77. The Labute approximate surface area is 263 Å². The molecule has 2 aromatic carbocycles. The van der Waals surface area contributed by atoms with Crippen LogP contribution in [0.4, 0.5) is 21.6 Å². The number of anilines is 3. The first-order chi connectivity index (χ1) is 21.1. The van der Waals surface area contributed by atoms with Crippen LogP contribution in [0.2, 0.25) is 5.02 Å². The number of rotatable bonds is 6. The van der Waals surface area contributed by atoms with E-state index in [4.69, 9.17) is 11.6 Å². The molecule has 228 valence electrons. The number of carbonyl (C=O) groups is 2. The van der Waals surface area contributed by atoms with E-state index in [2.05, 4.69) is 15.6 Å². The van der Waals surface area contributed by atoms with Gasteiger partial charge in [0.05, 0.1) is 21.3 Å². The fraction of sp³-hybridized carbons (Fsp3) is 0.312. The van der Waals surface area contributed by atoms with Gasteiger partial charge in [0.25, 0.3) is 11.5 Å². The summed E-state index contributed by atoms with van der Waals surface area (Å²) in [5.74, 6) is -1.03. The lowest BCUT2D eigenvalue weighted by Gasteiger charge is -2.37. The van der Waals surface area contributed by atoms with Crippen molar-refractivity contribution >= 4 is 51.9 Å². The number of likely N-dealkylation sites (N-methyl/N-ethyl adjacent to an activating group) is 2. The summed E-state index contributed by atoms with van der Waals surface area (Å²) in [6, 6.07) is 11.5. The van der Waals surface area contributed by atoms with E-state index in [1.807, 2.05) is 30.1 Å². The van der Waals surface area contributed by atoms with E-state index in [-0.39, 0.29) is 34.0 Å². The standard InChI is InChI=1S/C32H32ClFN6O3S/c1-38-14-15-39(2)31(42)28(38)18-8-10-20(11-9-18)35-29-32(43)40(3)17-23(36-29)21-12-13-22(34)27(26(21)33)37-30(41)25-16-19-6-4-5-7-24(19)44-25/h8-13,16-17,28H,4-7,14-15H2,1-3H3,(H,35,36)(H,37,41). The zero-order chi connectivity index (χ0) is 31.1. The third kappa shape index (κ3) is 5.74. The van der Waals surface area contributed by atoms with Gasteiger partial charge in [-0.3, -0.25) is 19.3 Å². The lowest BCUT2D eigenvalue weighted by atomic mass is 9.99. The Hall–Kier alpha value is -4.06. The lowest BCUT2D eigenvalue weighted by Crippen LogP contribution is -2.48. The van der Waals surface area contributed by atoms with Crippen molar-refractivity contribution in [3.05, 3.63) is 90.7 Å². The molecule has 12 heteroatoms. The Bertz CT molecular complexity index is 1800. The minimum Gasteiger partial charge on any atom is -0.343 e. The van der Waals surface area contributed by atoms with Crippen LogP contribution in [0.1, 0.15) is 44.6 Å². The lowest BCUT2D eigenvalue weighted by molar-refractivity contribution is -0.139. The highest BCUT2D eigenvalue weighted by Gasteiger charge is 2.32. The number of carbonyl (C=O) groups excluding carboxylic acids is 2. The number of piperazine rings is 1. The molecule has 2 amide bonds. The van der Waals surface area contributed by atoms with Crippen LogP contribution in [-0.2, 0) is 24.7 Å². The number of nitrogens with zero attached hydrogens (tertiary/aromatic N) is 4. The highest BCUT2D eigenvalue weighted by Crippen LogP contribution is 2.37. The van der Waals surface area contributed by atoms with Gasteiger partial charge in [0, 0.05) is 49.5 Å². The first-order valence-electron chi connectivity index (χ1n) is 14.4. The fourth-order valence-electron chi connectivity index (χ4n) is 5.69. The van der Waals surface area contributed by atoms with Gasteiger partial charge in [-0.2, -0.15) is 0 Å². The number of amides is 2. The predicted octanol–water partition coefficient (Wildman–Crippen LogP) is 5.62. The molecule has 0 bridgehead atoms. The van der Waals surface area contributed by atoms with Crippen molar-refractivity contribution in [3.8, 4) is 11.3 Å². The van der Waals surface area contributed by atoms with Crippen LogP contribution in [0.15, 0.2) is 53.5 Å². The third-order valence-electron chi connectivity index (χ3n) is 8.23. The summed E-state index contributed by atoms with van der Waals surface area (Å²) < 4.78 is 16.3. The second kappa shape index (κ2) is 12.1. The molecule has 1 aliphatic heterocycles. The molecule has 0 radical (unpaired) electrons. The molecule has 1 saturated heterocycles. The van der Waals surface area contributed by atoms with E-state index in [0.717, 1.165) is 37.8 Å². The highest BCUT2D eigenvalue weighted by atomic mass is 35.5. The van der Waals surface area contributed by atoms with E-state index >= 15 is 0 Å². The van der Waals surface area contributed by atoms with E-state index in [1.54, 1.807) is 31.1 Å². The monoisotopic (exact) mass is 634 g/mol. The van der Waals surface area contributed by atoms with Gasteiger partial charge < -0.3 is 20.1 Å². The minimum absolute atomic E-state index is 0.0210. The predicted molar refractivity (Wildman–Crippen MR) is 172 cm³/mol. The van der Waals surface area contributed by atoms with Crippen molar-refractivity contribution in [1.82, 2.24) is 19.4 Å². The average Bonchev–Trinajstić information content (AvgIpc) is 3.45. The number of halogens is 2. The van der Waals surface area contributed by atoms with Crippen molar-refractivity contribution in [2.75, 3.05) is 37.8 Å². The molecule has 0 spiro atoms. The number of nitrogens with one attached hydrogen (secondary N) is 2. The van der Waals surface area contributed by atoms with E-state index in [1.165, 1.54) is 44.7 Å². The largest absolute Gasteiger partial charge is 0.343 e. The summed E-state index contributed by atoms with van der Waals surface area (Å²) in [4.78, 5) is 48.9. The van der Waals surface area contributed by atoms with Gasteiger partial charge in [0.2, 0.25) is 5.91 Å². The van der Waals surface area contributed by atoms with Crippen LogP contribution in [0, 0.1) is 5.82 Å². The maximum absolute atomic E-state index is 15.0. The molecular weight excluding hydrogens is 603 g/mol. The topological polar surface area (TPSA) is 99.6 Å². The summed E-state index contributed by atoms with van der Waals surface area (Å²) in [6.07, 6.45) is 5.60. The number of aromatic nitrogens is 2. The normalized spacial score (nSPS) is 17.0. The van der Waals surface area contributed by atoms with E-state index < -0.39 is 11.7 Å². The number of benzene rings is 2. The van der Waals surface area contributed by atoms with Gasteiger partial charge in [-0.25, -0.2) is 9.37 Å². The molecule has 44 heavy (non-hydrogen) atoms. The summed E-state index contributed by atoms with van der Waals surface area (Å²) in [7, 11) is 5.31. The fourth-order valence-corrected chi connectivity index (χ4v) is 7.13. The van der Waals surface area contributed by atoms with Gasteiger partial charge >= 0.3 is 0 Å². The van der Waals surface area contributed by atoms with Crippen LogP contribution in [0.25, 0.3) is 11.3 Å². The van der Waals surface area contributed by atoms with Crippen molar-refractivity contribution < 1.29 is 14.0 Å². The Balaban J connectivity index is 1.26.